The van der Waals surface area contributed by atoms with Gasteiger partial charge in [0.25, 0.3) is 0 Å². The molecule has 1 aromatic heterocycles. The maximum absolute atomic E-state index is 4.30. The van der Waals surface area contributed by atoms with Gasteiger partial charge in [-0.2, -0.15) is 0 Å². The van der Waals surface area contributed by atoms with E-state index in [2.05, 4.69) is 28.3 Å². The third-order valence-electron chi connectivity index (χ3n) is 2.26. The molecule has 70 valence electrons. The van der Waals surface area contributed by atoms with Gasteiger partial charge < -0.3 is 4.90 Å². The first-order chi connectivity index (χ1) is 6.42. The number of hydrogen-bond acceptors (Lipinski definition) is 3. The van der Waals surface area contributed by atoms with Gasteiger partial charge in [-0.05, 0) is 24.3 Å². The second kappa shape index (κ2) is 3.92. The van der Waals surface area contributed by atoms with E-state index in [0.29, 0.717) is 0 Å². The molecule has 1 aliphatic heterocycles. The minimum atomic E-state index is 0.988. The minimum absolute atomic E-state index is 0.988. The van der Waals surface area contributed by atoms with Crippen LogP contribution in [-0.4, -0.2) is 19.4 Å². The monoisotopic (exact) mass is 194 g/mol. The minimum Gasteiger partial charge on any atom is -0.332 e. The first-order valence-corrected chi connectivity index (χ1v) is 5.62. The van der Waals surface area contributed by atoms with Gasteiger partial charge in [-0.1, -0.05) is 6.92 Å². The predicted octanol–water partition coefficient (Wildman–Crippen LogP) is 2.55. The van der Waals surface area contributed by atoms with Crippen molar-refractivity contribution in [3.8, 4) is 0 Å². The van der Waals surface area contributed by atoms with Gasteiger partial charge in [0.05, 0.1) is 12.0 Å². The molecule has 0 unspecified atom stereocenters. The first kappa shape index (κ1) is 8.75. The number of aryl methyl sites for hydroxylation is 1. The Morgan fingerprint density at radius 2 is 2.54 bits per heavy atom. The summed E-state index contributed by atoms with van der Waals surface area (Å²) < 4.78 is 0. The zero-order valence-corrected chi connectivity index (χ0v) is 8.68. The lowest BCUT2D eigenvalue weighted by Gasteiger charge is -2.22. The topological polar surface area (TPSA) is 15.6 Å². The van der Waals surface area contributed by atoms with Crippen LogP contribution < -0.4 is 4.90 Å². The molecule has 0 atom stereocenters. The van der Waals surface area contributed by atoms with Crippen LogP contribution in [0, 0.1) is 0 Å². The SMILES string of the molecule is CCc1sccc1N1C=NCCC1. The standard InChI is InChI=1S/C10H14N2S/c1-2-10-9(4-7-13-10)12-6-3-5-11-8-12/h4,7-8H,2-3,5-6H2,1H3. The van der Waals surface area contributed by atoms with E-state index in [9.17, 15) is 0 Å². The maximum Gasteiger partial charge on any atom is 0.0894 e. The lowest BCUT2D eigenvalue weighted by molar-refractivity contribution is 0.800. The van der Waals surface area contributed by atoms with Crippen LogP contribution >= 0.6 is 11.3 Å². The Bertz CT molecular complexity index is 304. The molecular weight excluding hydrogens is 180 g/mol. The Morgan fingerprint density at radius 3 is 3.23 bits per heavy atom. The van der Waals surface area contributed by atoms with Crippen LogP contribution in [-0.2, 0) is 6.42 Å². The fourth-order valence-electron chi connectivity index (χ4n) is 1.58. The van der Waals surface area contributed by atoms with Crippen molar-refractivity contribution < 1.29 is 0 Å². The summed E-state index contributed by atoms with van der Waals surface area (Å²) >= 11 is 1.84. The normalized spacial score (nSPS) is 16.5. The summed E-state index contributed by atoms with van der Waals surface area (Å²) in [6, 6.07) is 2.20. The zero-order chi connectivity index (χ0) is 9.10. The van der Waals surface area contributed by atoms with Crippen LogP contribution in [0.25, 0.3) is 0 Å². The summed E-state index contributed by atoms with van der Waals surface area (Å²) in [7, 11) is 0. The Morgan fingerprint density at radius 1 is 1.62 bits per heavy atom. The molecule has 0 bridgehead atoms. The van der Waals surface area contributed by atoms with Crippen LogP contribution in [0.15, 0.2) is 16.4 Å². The van der Waals surface area contributed by atoms with Gasteiger partial charge >= 0.3 is 0 Å². The fraction of sp³-hybridized carbons (Fsp3) is 0.500. The molecule has 0 aromatic carbocycles. The van der Waals surface area contributed by atoms with Crippen molar-refractivity contribution in [1.82, 2.24) is 0 Å². The molecule has 2 nitrogen and oxygen atoms in total. The van der Waals surface area contributed by atoms with Crippen molar-refractivity contribution in [2.75, 3.05) is 18.0 Å². The number of nitrogens with zero attached hydrogens (tertiary/aromatic N) is 2. The van der Waals surface area contributed by atoms with Gasteiger partial charge in [0, 0.05) is 18.0 Å². The highest BCUT2D eigenvalue weighted by Crippen LogP contribution is 2.26. The molecule has 1 aliphatic rings. The lowest BCUT2D eigenvalue weighted by Crippen LogP contribution is -2.26. The summed E-state index contributed by atoms with van der Waals surface area (Å²) in [5.41, 5.74) is 1.36. The molecule has 0 N–H and O–H groups in total. The molecule has 0 aliphatic carbocycles. The predicted molar refractivity (Wildman–Crippen MR) is 59.0 cm³/mol. The molecule has 3 heteroatoms. The zero-order valence-electron chi connectivity index (χ0n) is 7.86. The number of rotatable bonds is 2. The van der Waals surface area contributed by atoms with E-state index in [-0.39, 0.29) is 0 Å². The second-order valence-electron chi connectivity index (χ2n) is 3.15. The maximum atomic E-state index is 4.30. The highest BCUT2D eigenvalue weighted by molar-refractivity contribution is 7.10. The summed E-state index contributed by atoms with van der Waals surface area (Å²) in [4.78, 5) is 8.02. The largest absolute Gasteiger partial charge is 0.332 e. The van der Waals surface area contributed by atoms with Crippen molar-refractivity contribution in [3.05, 3.63) is 16.3 Å². The van der Waals surface area contributed by atoms with Crippen molar-refractivity contribution in [1.29, 1.82) is 0 Å². The van der Waals surface area contributed by atoms with Gasteiger partial charge in [-0.25, -0.2) is 0 Å². The highest BCUT2D eigenvalue weighted by atomic mass is 32.1. The van der Waals surface area contributed by atoms with E-state index in [1.54, 1.807) is 0 Å². The van der Waals surface area contributed by atoms with Gasteiger partial charge in [0.2, 0.25) is 0 Å². The molecule has 13 heavy (non-hydrogen) atoms. The van der Waals surface area contributed by atoms with Crippen LogP contribution in [0.2, 0.25) is 0 Å². The quantitative estimate of drug-likeness (QED) is 0.706. The van der Waals surface area contributed by atoms with Crippen LogP contribution in [0.5, 0.6) is 0 Å². The van der Waals surface area contributed by atoms with E-state index < -0.39 is 0 Å². The molecule has 2 rings (SSSR count). The number of aliphatic imine (C=N–C) groups is 1. The second-order valence-corrected chi connectivity index (χ2v) is 4.15. The third kappa shape index (κ3) is 1.75. The molecule has 0 fully saturated rings. The molecular formula is C10H14N2S. The van der Waals surface area contributed by atoms with Gasteiger partial charge in [-0.3, -0.25) is 4.99 Å². The van der Waals surface area contributed by atoms with Gasteiger partial charge in [0.15, 0.2) is 0 Å². The average molecular weight is 194 g/mol. The summed E-state index contributed by atoms with van der Waals surface area (Å²) in [6.07, 6.45) is 4.28. The van der Waals surface area contributed by atoms with Crippen LogP contribution in [0.1, 0.15) is 18.2 Å². The molecule has 0 amide bonds. The molecule has 1 aromatic rings. The van der Waals surface area contributed by atoms with E-state index in [1.165, 1.54) is 17.0 Å². The van der Waals surface area contributed by atoms with Crippen molar-refractivity contribution in [2.24, 2.45) is 4.99 Å². The molecule has 0 radical (unpaired) electrons. The number of anilines is 1. The van der Waals surface area contributed by atoms with E-state index in [0.717, 1.165) is 19.5 Å². The summed E-state index contributed by atoms with van der Waals surface area (Å²) in [5.74, 6) is 0. The number of thiophene rings is 1. The molecule has 0 spiro atoms. The van der Waals surface area contributed by atoms with Gasteiger partial charge in [-0.15, -0.1) is 11.3 Å². The molecule has 2 heterocycles. The Kier molecular flexibility index (Phi) is 2.64. The third-order valence-corrected chi connectivity index (χ3v) is 3.31. The number of hydrogen-bond donors (Lipinski definition) is 0. The smallest absolute Gasteiger partial charge is 0.0894 e. The van der Waals surface area contributed by atoms with Crippen LogP contribution in [0.4, 0.5) is 5.69 Å². The highest BCUT2D eigenvalue weighted by Gasteiger charge is 2.11. The van der Waals surface area contributed by atoms with Crippen LogP contribution in [0.3, 0.4) is 0 Å². The van der Waals surface area contributed by atoms with E-state index in [1.807, 2.05) is 17.7 Å². The lowest BCUT2D eigenvalue weighted by atomic mass is 10.2. The molecule has 0 saturated carbocycles. The first-order valence-electron chi connectivity index (χ1n) is 4.74. The van der Waals surface area contributed by atoms with E-state index in [4.69, 9.17) is 0 Å². The average Bonchev–Trinajstić information content (AvgIpc) is 2.67. The molecule has 0 saturated heterocycles. The van der Waals surface area contributed by atoms with Gasteiger partial charge in [0.1, 0.15) is 0 Å². The Labute approximate surface area is 82.9 Å². The van der Waals surface area contributed by atoms with Crippen molar-refractivity contribution in [2.45, 2.75) is 19.8 Å². The summed E-state index contributed by atoms with van der Waals surface area (Å²) in [6.45, 7) is 4.31. The Hall–Kier alpha value is -0.830. The summed E-state index contributed by atoms with van der Waals surface area (Å²) in [5, 5.41) is 2.16. The van der Waals surface area contributed by atoms with E-state index >= 15 is 0 Å². The van der Waals surface area contributed by atoms with Crippen molar-refractivity contribution in [3.63, 3.8) is 0 Å². The Balaban J connectivity index is 2.23. The van der Waals surface area contributed by atoms with Crippen molar-refractivity contribution >= 4 is 23.4 Å². The fourth-order valence-corrected chi connectivity index (χ4v) is 2.42.